The van der Waals surface area contributed by atoms with Gasteiger partial charge in [-0.15, -0.1) is 0 Å². The lowest BCUT2D eigenvalue weighted by Crippen LogP contribution is -2.63. The molecule has 0 unspecified atom stereocenters. The minimum absolute atomic E-state index is 0.298. The van der Waals surface area contributed by atoms with Gasteiger partial charge in [-0.1, -0.05) is 0 Å². The molecule has 0 aliphatic carbocycles. The zero-order valence-corrected chi connectivity index (χ0v) is 19.2. The maximum Gasteiger partial charge on any atom is 0.149 e. The first-order chi connectivity index (χ1) is 16.6. The van der Waals surface area contributed by atoms with E-state index in [4.69, 9.17) is 14.8 Å². The van der Waals surface area contributed by atoms with E-state index < -0.39 is 0 Å². The highest BCUT2D eigenvalue weighted by atomic mass is 16.5. The number of imidazole rings is 1. The highest BCUT2D eigenvalue weighted by Gasteiger charge is 2.46. The number of aryl methyl sites for hydroxylation is 1. The van der Waals surface area contributed by atoms with Crippen LogP contribution in [-0.2, 0) is 17.3 Å². The van der Waals surface area contributed by atoms with Gasteiger partial charge in [-0.25, -0.2) is 9.97 Å². The number of nitrogens with zero attached hydrogens (tertiary/aromatic N) is 9. The van der Waals surface area contributed by atoms with Gasteiger partial charge in [-0.2, -0.15) is 15.5 Å². The third kappa shape index (κ3) is 3.67. The summed E-state index contributed by atoms with van der Waals surface area (Å²) in [6, 6.07) is 4.35. The largest absolute Gasteiger partial charge is 0.381 e. The zero-order valence-electron chi connectivity index (χ0n) is 19.2. The number of aromatic nitrogens is 7. The van der Waals surface area contributed by atoms with Gasteiger partial charge in [-0.05, 0) is 18.8 Å². The number of ether oxygens (including phenoxy) is 1. The quantitative estimate of drug-likeness (QED) is 0.438. The van der Waals surface area contributed by atoms with Gasteiger partial charge in [0.15, 0.2) is 0 Å². The highest BCUT2D eigenvalue weighted by molar-refractivity contribution is 5.68. The van der Waals surface area contributed by atoms with E-state index in [1.807, 2.05) is 47.0 Å². The van der Waals surface area contributed by atoms with Crippen LogP contribution in [0.4, 0.5) is 0 Å². The van der Waals surface area contributed by atoms with Gasteiger partial charge in [0.1, 0.15) is 17.0 Å². The Morgan fingerprint density at radius 1 is 1.15 bits per heavy atom. The molecule has 0 amide bonds. The molecule has 0 bridgehead atoms. The van der Waals surface area contributed by atoms with Crippen LogP contribution in [0.5, 0.6) is 0 Å². The lowest BCUT2D eigenvalue weighted by Gasteiger charge is -2.50. The molecule has 0 spiro atoms. The predicted molar refractivity (Wildman–Crippen MR) is 125 cm³/mol. The average Bonchev–Trinajstić information content (AvgIpc) is 3.58. The van der Waals surface area contributed by atoms with Crippen LogP contribution in [0.3, 0.4) is 0 Å². The van der Waals surface area contributed by atoms with Crippen LogP contribution in [0.2, 0.25) is 0 Å². The molecular formula is C24H27N9O. The van der Waals surface area contributed by atoms with Crippen molar-refractivity contribution in [1.29, 1.82) is 5.26 Å². The van der Waals surface area contributed by atoms with Gasteiger partial charge in [0.05, 0.1) is 36.1 Å². The zero-order chi connectivity index (χ0) is 23.1. The van der Waals surface area contributed by atoms with E-state index >= 15 is 0 Å². The van der Waals surface area contributed by atoms with Crippen LogP contribution in [-0.4, -0.2) is 71.7 Å². The molecule has 2 aliphatic rings. The summed E-state index contributed by atoms with van der Waals surface area (Å²) < 4.78 is 11.2. The fraction of sp³-hybridized carbons (Fsp3) is 0.458. The normalized spacial score (nSPS) is 18.7. The molecule has 4 aromatic heterocycles. The minimum atomic E-state index is -0.298. The van der Waals surface area contributed by atoms with E-state index in [9.17, 15) is 5.26 Å². The fourth-order valence-corrected chi connectivity index (χ4v) is 5.22. The Kier molecular flexibility index (Phi) is 5.16. The maximum atomic E-state index is 9.58. The Morgan fingerprint density at radius 2 is 1.97 bits per heavy atom. The van der Waals surface area contributed by atoms with E-state index in [0.717, 1.165) is 74.0 Å². The van der Waals surface area contributed by atoms with Crippen LogP contribution in [0, 0.1) is 17.2 Å². The highest BCUT2D eigenvalue weighted by Crippen LogP contribution is 2.35. The van der Waals surface area contributed by atoms with Crippen LogP contribution in [0.15, 0.2) is 43.2 Å². The second kappa shape index (κ2) is 8.34. The standard InChI is InChI=1S/C24H27N9O/c1-30-14-19(11-27-30)21-10-22-26-6-7-32(22)23(29-21)20-12-28-33(15-20)24(4-5-25)16-31(17-24)13-18-2-8-34-9-3-18/h6-7,10-12,14-15,18H,2-4,8-9,13,16-17H2,1H3. The summed E-state index contributed by atoms with van der Waals surface area (Å²) in [4.78, 5) is 11.9. The van der Waals surface area contributed by atoms with E-state index in [-0.39, 0.29) is 5.54 Å². The number of likely N-dealkylation sites (tertiary alicyclic amines) is 1. The van der Waals surface area contributed by atoms with Gasteiger partial charge in [-0.3, -0.25) is 18.7 Å². The van der Waals surface area contributed by atoms with E-state index in [1.165, 1.54) is 0 Å². The summed E-state index contributed by atoms with van der Waals surface area (Å²) in [6.07, 6.45) is 14.0. The third-order valence-electron chi connectivity index (χ3n) is 7.02. The first-order valence-electron chi connectivity index (χ1n) is 11.7. The van der Waals surface area contributed by atoms with Crippen molar-refractivity contribution in [2.75, 3.05) is 32.8 Å². The van der Waals surface area contributed by atoms with Gasteiger partial charge in [0.25, 0.3) is 0 Å². The molecule has 10 nitrogen and oxygen atoms in total. The molecule has 0 aromatic carbocycles. The molecule has 34 heavy (non-hydrogen) atoms. The molecular weight excluding hydrogens is 430 g/mol. The summed E-state index contributed by atoms with van der Waals surface area (Å²) in [6.45, 7) is 4.46. The fourth-order valence-electron chi connectivity index (χ4n) is 5.22. The maximum absolute atomic E-state index is 9.58. The van der Waals surface area contributed by atoms with Crippen molar-refractivity contribution in [3.05, 3.63) is 43.2 Å². The molecule has 0 saturated carbocycles. The first kappa shape index (κ1) is 21.0. The third-order valence-corrected chi connectivity index (χ3v) is 7.02. The van der Waals surface area contributed by atoms with Crippen molar-refractivity contribution in [3.63, 3.8) is 0 Å². The lowest BCUT2D eigenvalue weighted by atomic mass is 9.85. The van der Waals surface area contributed by atoms with Gasteiger partial charge in [0, 0.05) is 76.3 Å². The van der Waals surface area contributed by atoms with Crippen LogP contribution >= 0.6 is 0 Å². The molecule has 2 fully saturated rings. The molecule has 6 rings (SSSR count). The molecule has 0 radical (unpaired) electrons. The number of hydrogen-bond acceptors (Lipinski definition) is 7. The Labute approximate surface area is 197 Å². The van der Waals surface area contributed by atoms with E-state index in [1.54, 1.807) is 17.1 Å². The summed E-state index contributed by atoms with van der Waals surface area (Å²) in [7, 11) is 1.89. The summed E-state index contributed by atoms with van der Waals surface area (Å²) in [5.41, 5.74) is 3.16. The number of hydrogen-bond donors (Lipinski definition) is 0. The van der Waals surface area contributed by atoms with Crippen molar-refractivity contribution >= 4 is 5.65 Å². The molecule has 0 atom stereocenters. The lowest BCUT2D eigenvalue weighted by molar-refractivity contribution is -0.0224. The number of rotatable bonds is 6. The summed E-state index contributed by atoms with van der Waals surface area (Å²) in [5.74, 6) is 1.45. The van der Waals surface area contributed by atoms with Crippen molar-refractivity contribution in [3.8, 4) is 28.7 Å². The number of nitriles is 1. The van der Waals surface area contributed by atoms with Gasteiger partial charge in [0.2, 0.25) is 0 Å². The Balaban J connectivity index is 1.29. The van der Waals surface area contributed by atoms with E-state index in [0.29, 0.717) is 12.3 Å². The molecule has 4 aromatic rings. The summed E-state index contributed by atoms with van der Waals surface area (Å²) >= 11 is 0. The summed E-state index contributed by atoms with van der Waals surface area (Å²) in [5, 5.41) is 18.6. The van der Waals surface area contributed by atoms with Crippen molar-refractivity contribution < 1.29 is 4.74 Å². The first-order valence-corrected chi connectivity index (χ1v) is 11.7. The second-order valence-corrected chi connectivity index (χ2v) is 9.48. The topological polar surface area (TPSA) is 102 Å². The predicted octanol–water partition coefficient (Wildman–Crippen LogP) is 2.34. The molecule has 0 N–H and O–H groups in total. The Bertz CT molecular complexity index is 1350. The van der Waals surface area contributed by atoms with Crippen molar-refractivity contribution in [2.45, 2.75) is 24.8 Å². The monoisotopic (exact) mass is 457 g/mol. The van der Waals surface area contributed by atoms with Crippen molar-refractivity contribution in [1.82, 2.24) is 38.8 Å². The molecule has 6 heterocycles. The molecule has 174 valence electrons. The Hall–Kier alpha value is -3.55. The molecule has 2 aliphatic heterocycles. The van der Waals surface area contributed by atoms with E-state index in [2.05, 4.69) is 21.1 Å². The smallest absolute Gasteiger partial charge is 0.149 e. The number of fused-ring (bicyclic) bond motifs is 1. The second-order valence-electron chi connectivity index (χ2n) is 9.48. The van der Waals surface area contributed by atoms with Crippen LogP contribution in [0.1, 0.15) is 19.3 Å². The molecule has 10 heteroatoms. The van der Waals surface area contributed by atoms with Crippen LogP contribution in [0.25, 0.3) is 28.3 Å². The molecule has 2 saturated heterocycles. The van der Waals surface area contributed by atoms with Gasteiger partial charge >= 0.3 is 0 Å². The van der Waals surface area contributed by atoms with Crippen LogP contribution < -0.4 is 0 Å². The SMILES string of the molecule is Cn1cc(-c2cc3nccn3c(-c3cnn(C4(CC#N)CN(CC5CCOCC5)C4)c3)n2)cn1. The van der Waals surface area contributed by atoms with Crippen molar-refractivity contribution in [2.24, 2.45) is 13.0 Å². The minimum Gasteiger partial charge on any atom is -0.381 e. The van der Waals surface area contributed by atoms with Gasteiger partial charge < -0.3 is 4.74 Å². The Morgan fingerprint density at radius 3 is 2.74 bits per heavy atom. The average molecular weight is 458 g/mol.